The van der Waals surface area contributed by atoms with Crippen LogP contribution in [0.15, 0.2) is 55.2 Å². The summed E-state index contributed by atoms with van der Waals surface area (Å²) in [5.41, 5.74) is 0.655. The normalized spacial score (nSPS) is 11.3. The van der Waals surface area contributed by atoms with Crippen molar-refractivity contribution in [2.24, 2.45) is 0 Å². The molecule has 0 amide bonds. The number of ether oxygens (including phenoxy) is 2. The van der Waals surface area contributed by atoms with E-state index in [1.165, 1.54) is 36.9 Å². The van der Waals surface area contributed by atoms with Gasteiger partial charge in [0.25, 0.3) is 0 Å². The lowest BCUT2D eigenvalue weighted by Gasteiger charge is -2.14. The molecule has 1 N–H and O–H groups in total. The van der Waals surface area contributed by atoms with Gasteiger partial charge in [-0.15, -0.1) is 0 Å². The average Bonchev–Trinajstić information content (AvgIpc) is 3.36. The molecule has 2 aromatic carbocycles. The number of hydrogen-bond acceptors (Lipinski definition) is 10. The molecule has 0 aliphatic heterocycles. The van der Waals surface area contributed by atoms with Crippen LogP contribution in [0.25, 0.3) is 16.6 Å². The highest BCUT2D eigenvalue weighted by molar-refractivity contribution is 6.32. The quantitative estimate of drug-likeness (QED) is 0.205. The van der Waals surface area contributed by atoms with Crippen LogP contribution in [0.3, 0.4) is 0 Å². The first-order valence-electron chi connectivity index (χ1n) is 11.2. The number of nitro groups is 1. The number of fused-ring (bicyclic) bond motifs is 2. The molecular weight excluding hydrogens is 519 g/mol. The van der Waals surface area contributed by atoms with Gasteiger partial charge in [0.1, 0.15) is 41.6 Å². The standard InChI is InChI=1S/C24H20ClFN8O4/c1-32(2)7-8-37-20-11-17-15(10-18(20)34(35)36)24(29-12-27-17)31-16-3-4-19(22(25)23(16)26)38-14-5-6-33-21(9-14)28-13-30-33/h3-6,9-13H,7-8H2,1-2H3,(H,27,29,31). The number of pyridine rings is 1. The zero-order valence-corrected chi connectivity index (χ0v) is 20.9. The minimum atomic E-state index is -0.794. The zero-order chi connectivity index (χ0) is 26.8. The second-order valence-electron chi connectivity index (χ2n) is 8.36. The average molecular weight is 539 g/mol. The Morgan fingerprint density at radius 2 is 1.97 bits per heavy atom. The molecule has 0 unspecified atom stereocenters. The van der Waals surface area contributed by atoms with E-state index >= 15 is 4.39 Å². The van der Waals surface area contributed by atoms with Crippen LogP contribution in [-0.4, -0.2) is 61.6 Å². The van der Waals surface area contributed by atoms with E-state index in [4.69, 9.17) is 21.1 Å². The highest BCUT2D eigenvalue weighted by Gasteiger charge is 2.21. The van der Waals surface area contributed by atoms with Gasteiger partial charge in [0.15, 0.2) is 17.2 Å². The molecule has 0 spiro atoms. The van der Waals surface area contributed by atoms with Gasteiger partial charge < -0.3 is 19.7 Å². The highest BCUT2D eigenvalue weighted by atomic mass is 35.5. The van der Waals surface area contributed by atoms with Crippen LogP contribution in [0.2, 0.25) is 5.02 Å². The lowest BCUT2D eigenvalue weighted by Crippen LogP contribution is -2.19. The lowest BCUT2D eigenvalue weighted by atomic mass is 10.2. The fraction of sp³-hybridized carbons (Fsp3) is 0.167. The topological polar surface area (TPSA) is 133 Å². The second-order valence-corrected chi connectivity index (χ2v) is 8.74. The van der Waals surface area contributed by atoms with Gasteiger partial charge in [0, 0.05) is 30.9 Å². The van der Waals surface area contributed by atoms with Crippen LogP contribution in [-0.2, 0) is 0 Å². The third-order valence-electron chi connectivity index (χ3n) is 5.49. The Morgan fingerprint density at radius 3 is 2.76 bits per heavy atom. The van der Waals surface area contributed by atoms with E-state index < -0.39 is 10.7 Å². The van der Waals surface area contributed by atoms with Crippen molar-refractivity contribution in [2.45, 2.75) is 0 Å². The van der Waals surface area contributed by atoms with Crippen molar-refractivity contribution in [3.05, 3.63) is 76.2 Å². The first-order chi connectivity index (χ1) is 18.3. The summed E-state index contributed by atoms with van der Waals surface area (Å²) < 4.78 is 28.2. The molecule has 0 bridgehead atoms. The number of hydrogen-bond donors (Lipinski definition) is 1. The number of halogens is 2. The Labute approximate surface area is 219 Å². The molecular formula is C24H20ClFN8O4. The van der Waals surface area contributed by atoms with E-state index in [1.807, 2.05) is 19.0 Å². The summed E-state index contributed by atoms with van der Waals surface area (Å²) in [6, 6.07) is 8.94. The fourth-order valence-electron chi connectivity index (χ4n) is 3.59. The number of nitrogens with one attached hydrogen (secondary N) is 1. The Morgan fingerprint density at radius 1 is 1.13 bits per heavy atom. The van der Waals surface area contributed by atoms with Gasteiger partial charge in [-0.2, -0.15) is 5.10 Å². The highest BCUT2D eigenvalue weighted by Crippen LogP contribution is 2.38. The molecule has 0 atom stereocenters. The molecule has 5 aromatic rings. The van der Waals surface area contributed by atoms with E-state index in [1.54, 1.807) is 22.8 Å². The third kappa shape index (κ3) is 5.10. The van der Waals surface area contributed by atoms with Crippen molar-refractivity contribution in [1.29, 1.82) is 0 Å². The predicted molar refractivity (Wildman–Crippen MR) is 138 cm³/mol. The maximum atomic E-state index is 15.3. The van der Waals surface area contributed by atoms with Gasteiger partial charge in [0.2, 0.25) is 0 Å². The van der Waals surface area contributed by atoms with E-state index in [-0.39, 0.29) is 40.3 Å². The molecule has 194 valence electrons. The monoisotopic (exact) mass is 538 g/mol. The van der Waals surface area contributed by atoms with Crippen molar-refractivity contribution in [2.75, 3.05) is 32.6 Å². The summed E-state index contributed by atoms with van der Waals surface area (Å²) in [5.74, 6) is -0.0861. The van der Waals surface area contributed by atoms with E-state index in [9.17, 15) is 10.1 Å². The maximum absolute atomic E-state index is 15.3. The van der Waals surface area contributed by atoms with Crippen molar-refractivity contribution >= 4 is 45.3 Å². The Bertz CT molecular complexity index is 1660. The zero-order valence-electron chi connectivity index (χ0n) is 20.1. The van der Waals surface area contributed by atoms with Crippen LogP contribution in [0, 0.1) is 15.9 Å². The largest absolute Gasteiger partial charge is 0.485 e. The molecule has 0 aliphatic carbocycles. The van der Waals surface area contributed by atoms with E-state index in [2.05, 4.69) is 25.4 Å². The third-order valence-corrected chi connectivity index (χ3v) is 5.84. The molecule has 38 heavy (non-hydrogen) atoms. The van der Waals surface area contributed by atoms with Gasteiger partial charge in [-0.25, -0.2) is 23.9 Å². The number of anilines is 2. The van der Waals surface area contributed by atoms with Gasteiger partial charge in [0.05, 0.1) is 21.5 Å². The minimum absolute atomic E-state index is 0.00998. The Kier molecular flexibility index (Phi) is 6.85. The Balaban J connectivity index is 1.43. The fourth-order valence-corrected chi connectivity index (χ4v) is 3.79. The number of rotatable bonds is 9. The summed E-state index contributed by atoms with van der Waals surface area (Å²) in [5, 5.41) is 18.6. The van der Waals surface area contributed by atoms with Crippen LogP contribution >= 0.6 is 11.6 Å². The number of nitrogens with zero attached hydrogens (tertiary/aromatic N) is 7. The summed E-state index contributed by atoms with van der Waals surface area (Å²) in [6.07, 6.45) is 4.31. The number of nitro benzene ring substituents is 1. The van der Waals surface area contributed by atoms with Crippen molar-refractivity contribution < 1.29 is 18.8 Å². The summed E-state index contributed by atoms with van der Waals surface area (Å²) in [4.78, 5) is 25.5. The molecule has 0 radical (unpaired) electrons. The lowest BCUT2D eigenvalue weighted by molar-refractivity contribution is -0.385. The summed E-state index contributed by atoms with van der Waals surface area (Å²) in [6.45, 7) is 0.821. The van der Waals surface area contributed by atoms with Crippen molar-refractivity contribution in [3.63, 3.8) is 0 Å². The first kappa shape index (κ1) is 25.0. The number of likely N-dealkylation sites (N-methyl/N-ethyl adjacent to an activating group) is 1. The molecule has 3 heterocycles. The van der Waals surface area contributed by atoms with Gasteiger partial charge in [-0.05, 0) is 32.3 Å². The Hall–Kier alpha value is -4.62. The maximum Gasteiger partial charge on any atom is 0.311 e. The SMILES string of the molecule is CN(C)CCOc1cc2ncnc(Nc3ccc(Oc4ccn5ncnc5c4)c(Cl)c3F)c2cc1[N+](=O)[O-]. The van der Waals surface area contributed by atoms with E-state index in [0.717, 1.165) is 0 Å². The van der Waals surface area contributed by atoms with Crippen LogP contribution in [0.1, 0.15) is 0 Å². The first-order valence-corrected chi connectivity index (χ1v) is 11.6. The molecule has 5 rings (SSSR count). The molecule has 0 saturated carbocycles. The molecule has 14 heteroatoms. The van der Waals surface area contributed by atoms with Gasteiger partial charge in [-0.1, -0.05) is 11.6 Å². The second kappa shape index (κ2) is 10.4. The van der Waals surface area contributed by atoms with Crippen molar-refractivity contribution in [1.82, 2.24) is 29.5 Å². The molecule has 12 nitrogen and oxygen atoms in total. The van der Waals surface area contributed by atoms with Gasteiger partial charge in [-0.3, -0.25) is 10.1 Å². The number of aromatic nitrogens is 5. The molecule has 0 saturated heterocycles. The van der Waals surface area contributed by atoms with E-state index in [0.29, 0.717) is 28.8 Å². The van der Waals surface area contributed by atoms with Crippen LogP contribution in [0.4, 0.5) is 21.6 Å². The molecule has 0 aliphatic rings. The van der Waals surface area contributed by atoms with Crippen molar-refractivity contribution in [3.8, 4) is 17.2 Å². The number of benzene rings is 2. The van der Waals surface area contributed by atoms with Crippen LogP contribution in [0.5, 0.6) is 17.2 Å². The minimum Gasteiger partial charge on any atom is -0.485 e. The van der Waals surface area contributed by atoms with Crippen LogP contribution < -0.4 is 14.8 Å². The summed E-state index contributed by atoms with van der Waals surface area (Å²) >= 11 is 6.27. The molecule has 0 fully saturated rings. The summed E-state index contributed by atoms with van der Waals surface area (Å²) in [7, 11) is 3.73. The molecule has 3 aromatic heterocycles. The predicted octanol–water partition coefficient (Wildman–Crippen LogP) is 4.85. The van der Waals surface area contributed by atoms with Gasteiger partial charge >= 0.3 is 5.69 Å². The smallest absolute Gasteiger partial charge is 0.311 e.